The normalized spacial score (nSPS) is 12.3. The number of hydrogen-bond acceptors (Lipinski definition) is 4. The highest BCUT2D eigenvalue weighted by Gasteiger charge is 2.17. The van der Waals surface area contributed by atoms with Crippen molar-refractivity contribution in [2.45, 2.75) is 26.4 Å². The Morgan fingerprint density at radius 2 is 2.15 bits per heavy atom. The molecular weight excluding hydrogens is 256 g/mol. The molecule has 20 heavy (non-hydrogen) atoms. The van der Waals surface area contributed by atoms with Crippen molar-refractivity contribution in [1.29, 1.82) is 0 Å². The van der Waals surface area contributed by atoms with Crippen LogP contribution < -0.4 is 11.3 Å². The first-order valence-corrected chi connectivity index (χ1v) is 6.55. The Bertz CT molecular complexity index is 678. The fourth-order valence-corrected chi connectivity index (χ4v) is 2.02. The van der Waals surface area contributed by atoms with Gasteiger partial charge in [-0.1, -0.05) is 12.1 Å². The van der Waals surface area contributed by atoms with E-state index in [1.54, 1.807) is 30.0 Å². The zero-order chi connectivity index (χ0) is 14.7. The molecule has 0 aliphatic carbocycles. The van der Waals surface area contributed by atoms with Crippen LogP contribution in [-0.4, -0.2) is 33.4 Å². The van der Waals surface area contributed by atoms with Crippen molar-refractivity contribution >= 4 is 16.8 Å². The van der Waals surface area contributed by atoms with Gasteiger partial charge in [-0.05, 0) is 26.0 Å². The van der Waals surface area contributed by atoms with Crippen LogP contribution in [0.15, 0.2) is 29.1 Å². The van der Waals surface area contributed by atoms with Gasteiger partial charge in [0.05, 0.1) is 23.5 Å². The lowest BCUT2D eigenvalue weighted by molar-refractivity contribution is -0.132. The lowest BCUT2D eigenvalue weighted by Crippen LogP contribution is -2.42. The summed E-state index contributed by atoms with van der Waals surface area (Å²) in [4.78, 5) is 32.5. The van der Waals surface area contributed by atoms with Gasteiger partial charge in [-0.15, -0.1) is 0 Å². The van der Waals surface area contributed by atoms with Gasteiger partial charge in [0.15, 0.2) is 0 Å². The number of likely N-dealkylation sites (N-methyl/N-ethyl adjacent to an activating group) is 1. The zero-order valence-corrected chi connectivity index (χ0v) is 11.6. The van der Waals surface area contributed by atoms with Crippen LogP contribution in [-0.2, 0) is 11.3 Å². The molecule has 0 radical (unpaired) electrons. The molecule has 0 fully saturated rings. The Hall–Kier alpha value is -2.21. The summed E-state index contributed by atoms with van der Waals surface area (Å²) in [5.41, 5.74) is 6.02. The summed E-state index contributed by atoms with van der Waals surface area (Å²) in [5, 5.41) is 0.540. The SMILES string of the molecule is CCN(Cc1nc2ccccc2c(=O)[nH]1)C(=O)[C@@H](C)N. The van der Waals surface area contributed by atoms with Crippen LogP contribution in [0.3, 0.4) is 0 Å². The summed E-state index contributed by atoms with van der Waals surface area (Å²) < 4.78 is 0. The number of carbonyl (C=O) groups is 1. The van der Waals surface area contributed by atoms with Gasteiger partial charge in [-0.2, -0.15) is 0 Å². The highest BCUT2D eigenvalue weighted by molar-refractivity contribution is 5.81. The van der Waals surface area contributed by atoms with E-state index >= 15 is 0 Å². The summed E-state index contributed by atoms with van der Waals surface area (Å²) >= 11 is 0. The third-order valence-electron chi connectivity index (χ3n) is 3.09. The molecular formula is C14H18N4O2. The Balaban J connectivity index is 2.34. The Kier molecular flexibility index (Phi) is 4.14. The highest BCUT2D eigenvalue weighted by atomic mass is 16.2. The predicted molar refractivity (Wildman–Crippen MR) is 77.1 cm³/mol. The van der Waals surface area contributed by atoms with Gasteiger partial charge < -0.3 is 15.6 Å². The molecule has 0 unspecified atom stereocenters. The predicted octanol–water partition coefficient (Wildman–Crippen LogP) is 0.619. The minimum atomic E-state index is -0.567. The molecule has 106 valence electrons. The fraction of sp³-hybridized carbons (Fsp3) is 0.357. The quantitative estimate of drug-likeness (QED) is 0.854. The van der Waals surface area contributed by atoms with Gasteiger partial charge in [-0.3, -0.25) is 9.59 Å². The largest absolute Gasteiger partial charge is 0.334 e. The van der Waals surface area contributed by atoms with E-state index < -0.39 is 6.04 Å². The first kappa shape index (κ1) is 14.2. The highest BCUT2D eigenvalue weighted by Crippen LogP contribution is 2.07. The Morgan fingerprint density at radius 3 is 2.80 bits per heavy atom. The molecule has 2 rings (SSSR count). The Labute approximate surface area is 116 Å². The number of fused-ring (bicyclic) bond motifs is 1. The van der Waals surface area contributed by atoms with Gasteiger partial charge in [0.25, 0.3) is 5.56 Å². The van der Waals surface area contributed by atoms with E-state index in [0.717, 1.165) is 0 Å². The van der Waals surface area contributed by atoms with Crippen molar-refractivity contribution < 1.29 is 4.79 Å². The summed E-state index contributed by atoms with van der Waals surface area (Å²) in [6, 6.07) is 6.54. The van der Waals surface area contributed by atoms with Crippen molar-refractivity contribution in [3.05, 3.63) is 40.4 Å². The molecule has 1 atom stereocenters. The number of nitrogens with zero attached hydrogens (tertiary/aromatic N) is 2. The molecule has 2 aromatic rings. The van der Waals surface area contributed by atoms with Crippen molar-refractivity contribution in [3.63, 3.8) is 0 Å². The number of carbonyl (C=O) groups excluding carboxylic acids is 1. The number of rotatable bonds is 4. The molecule has 6 nitrogen and oxygen atoms in total. The topological polar surface area (TPSA) is 92.1 Å². The number of H-pyrrole nitrogens is 1. The molecule has 0 bridgehead atoms. The third-order valence-corrected chi connectivity index (χ3v) is 3.09. The minimum absolute atomic E-state index is 0.164. The van der Waals surface area contributed by atoms with Gasteiger partial charge in [-0.25, -0.2) is 4.98 Å². The van der Waals surface area contributed by atoms with E-state index in [-0.39, 0.29) is 18.0 Å². The monoisotopic (exact) mass is 274 g/mol. The molecule has 0 aliphatic heterocycles. The number of nitrogens with two attached hydrogens (primary N) is 1. The van der Waals surface area contributed by atoms with Gasteiger partial charge in [0.1, 0.15) is 5.82 Å². The van der Waals surface area contributed by atoms with Crippen molar-refractivity contribution in [3.8, 4) is 0 Å². The maximum Gasteiger partial charge on any atom is 0.258 e. The molecule has 0 aliphatic rings. The molecule has 3 N–H and O–H groups in total. The first-order chi connectivity index (χ1) is 9.52. The van der Waals surface area contributed by atoms with E-state index in [4.69, 9.17) is 5.73 Å². The van der Waals surface area contributed by atoms with Crippen LogP contribution in [0.4, 0.5) is 0 Å². The van der Waals surface area contributed by atoms with E-state index in [2.05, 4.69) is 9.97 Å². The number of hydrogen-bond donors (Lipinski definition) is 2. The van der Waals surface area contributed by atoms with Crippen LogP contribution in [0.25, 0.3) is 10.9 Å². The number of aromatic nitrogens is 2. The fourth-order valence-electron chi connectivity index (χ4n) is 2.02. The summed E-state index contributed by atoms with van der Waals surface area (Å²) in [6.07, 6.45) is 0. The molecule has 1 aromatic carbocycles. The number of amides is 1. The average Bonchev–Trinajstić information content (AvgIpc) is 2.44. The molecule has 0 saturated heterocycles. The molecule has 6 heteroatoms. The maximum absolute atomic E-state index is 11.9. The van der Waals surface area contributed by atoms with Crippen molar-refractivity contribution in [2.75, 3.05) is 6.54 Å². The molecule has 1 heterocycles. The van der Waals surface area contributed by atoms with Crippen molar-refractivity contribution in [2.24, 2.45) is 5.73 Å². The van der Waals surface area contributed by atoms with E-state index in [1.165, 1.54) is 0 Å². The molecule has 0 spiro atoms. The average molecular weight is 274 g/mol. The first-order valence-electron chi connectivity index (χ1n) is 6.55. The van der Waals surface area contributed by atoms with Gasteiger partial charge in [0, 0.05) is 6.54 Å². The molecule has 1 aromatic heterocycles. The van der Waals surface area contributed by atoms with E-state index in [0.29, 0.717) is 23.3 Å². The number of aromatic amines is 1. The number of benzene rings is 1. The van der Waals surface area contributed by atoms with Gasteiger partial charge >= 0.3 is 0 Å². The van der Waals surface area contributed by atoms with Crippen LogP contribution in [0.2, 0.25) is 0 Å². The maximum atomic E-state index is 11.9. The lowest BCUT2D eigenvalue weighted by atomic mass is 10.2. The summed E-state index contributed by atoms with van der Waals surface area (Å²) in [6.45, 7) is 4.26. The van der Waals surface area contributed by atoms with E-state index in [1.807, 2.05) is 13.0 Å². The van der Waals surface area contributed by atoms with E-state index in [9.17, 15) is 9.59 Å². The third kappa shape index (κ3) is 2.85. The van der Waals surface area contributed by atoms with Crippen LogP contribution in [0.1, 0.15) is 19.7 Å². The molecule has 0 saturated carbocycles. The Morgan fingerprint density at radius 1 is 1.45 bits per heavy atom. The second-order valence-corrected chi connectivity index (χ2v) is 4.67. The lowest BCUT2D eigenvalue weighted by Gasteiger charge is -2.22. The number of nitrogens with one attached hydrogen (secondary N) is 1. The van der Waals surface area contributed by atoms with Crippen molar-refractivity contribution in [1.82, 2.24) is 14.9 Å². The smallest absolute Gasteiger partial charge is 0.258 e. The van der Waals surface area contributed by atoms with Crippen LogP contribution in [0.5, 0.6) is 0 Å². The summed E-state index contributed by atoms with van der Waals surface area (Å²) in [5.74, 6) is 0.299. The van der Waals surface area contributed by atoms with Crippen LogP contribution in [0, 0.1) is 0 Å². The standard InChI is InChI=1S/C14H18N4O2/c1-3-18(14(20)9(2)15)8-12-16-11-7-5-4-6-10(11)13(19)17-12/h4-7,9H,3,8,15H2,1-2H3,(H,16,17,19)/t9-/m1/s1. The molecule has 1 amide bonds. The minimum Gasteiger partial charge on any atom is -0.334 e. The zero-order valence-electron chi connectivity index (χ0n) is 11.6. The second kappa shape index (κ2) is 5.83. The number of para-hydroxylation sites is 1. The van der Waals surface area contributed by atoms with Crippen LogP contribution >= 0.6 is 0 Å². The second-order valence-electron chi connectivity index (χ2n) is 4.67. The summed E-state index contributed by atoms with van der Waals surface area (Å²) in [7, 11) is 0. The van der Waals surface area contributed by atoms with Gasteiger partial charge in [0.2, 0.25) is 5.91 Å².